The molecule has 1 heterocycles. The number of nitrogens with one attached hydrogen (secondary N) is 2. The fourth-order valence-electron chi connectivity index (χ4n) is 3.83. The first-order chi connectivity index (χ1) is 15.8. The van der Waals surface area contributed by atoms with Crippen LogP contribution in [0.3, 0.4) is 0 Å². The molecule has 0 aromatic heterocycles. The molecule has 0 unspecified atom stereocenters. The zero-order valence-electron chi connectivity index (χ0n) is 18.3. The van der Waals surface area contributed by atoms with Gasteiger partial charge in [0.2, 0.25) is 15.9 Å². The number of halogens is 1. The Hall–Kier alpha value is -2.42. The van der Waals surface area contributed by atoms with Crippen molar-refractivity contribution < 1.29 is 18.0 Å². The lowest BCUT2D eigenvalue weighted by atomic mass is 10.1. The van der Waals surface area contributed by atoms with E-state index in [4.69, 9.17) is 11.6 Å². The zero-order chi connectivity index (χ0) is 23.4. The molecule has 9 heteroatoms. The van der Waals surface area contributed by atoms with E-state index >= 15 is 0 Å². The summed E-state index contributed by atoms with van der Waals surface area (Å²) in [4.78, 5) is 24.8. The van der Waals surface area contributed by atoms with Crippen LogP contribution in [-0.2, 0) is 21.2 Å². The quantitative estimate of drug-likeness (QED) is 0.586. The molecule has 2 aromatic rings. The van der Waals surface area contributed by atoms with E-state index in [0.29, 0.717) is 30.8 Å². The van der Waals surface area contributed by atoms with Crippen LogP contribution in [0.15, 0.2) is 47.4 Å². The van der Waals surface area contributed by atoms with Crippen LogP contribution in [0, 0.1) is 0 Å². The van der Waals surface area contributed by atoms with Gasteiger partial charge in [-0.05, 0) is 68.0 Å². The summed E-state index contributed by atoms with van der Waals surface area (Å²) in [6.07, 6.45) is 5.56. The third-order valence-corrected chi connectivity index (χ3v) is 8.15. The molecule has 1 aliphatic carbocycles. The number of nitrogens with zero attached hydrogens (tertiary/aromatic N) is 1. The van der Waals surface area contributed by atoms with Gasteiger partial charge in [-0.1, -0.05) is 30.2 Å². The molecule has 1 saturated carbocycles. The second kappa shape index (κ2) is 10.2. The Balaban J connectivity index is 1.29. The normalized spacial score (nSPS) is 16.9. The molecule has 0 atom stereocenters. The summed E-state index contributed by atoms with van der Waals surface area (Å²) in [5.41, 5.74) is 1.80. The van der Waals surface area contributed by atoms with Crippen molar-refractivity contribution in [2.45, 2.75) is 55.9 Å². The van der Waals surface area contributed by atoms with Crippen molar-refractivity contribution in [2.24, 2.45) is 0 Å². The van der Waals surface area contributed by atoms with E-state index in [2.05, 4.69) is 10.6 Å². The van der Waals surface area contributed by atoms with E-state index in [9.17, 15) is 18.0 Å². The Kier molecular flexibility index (Phi) is 7.36. The Labute approximate surface area is 199 Å². The molecule has 1 saturated heterocycles. The fourth-order valence-corrected chi connectivity index (χ4v) is 5.62. The summed E-state index contributed by atoms with van der Waals surface area (Å²) in [5.74, 6) is -0.391. The lowest BCUT2D eigenvalue weighted by Crippen LogP contribution is -2.35. The van der Waals surface area contributed by atoms with Crippen LogP contribution >= 0.6 is 11.6 Å². The number of carbonyl (C=O) groups is 2. The summed E-state index contributed by atoms with van der Waals surface area (Å²) in [7, 11) is -3.45. The van der Waals surface area contributed by atoms with Crippen LogP contribution in [0.2, 0.25) is 5.02 Å². The Morgan fingerprint density at radius 2 is 1.70 bits per heavy atom. The van der Waals surface area contributed by atoms with E-state index in [0.717, 1.165) is 37.7 Å². The second-order valence-electron chi connectivity index (χ2n) is 8.60. The molecule has 0 spiro atoms. The van der Waals surface area contributed by atoms with Crippen LogP contribution < -0.4 is 10.6 Å². The van der Waals surface area contributed by atoms with Gasteiger partial charge in [0, 0.05) is 31.2 Å². The Morgan fingerprint density at radius 1 is 1.00 bits per heavy atom. The summed E-state index contributed by atoms with van der Waals surface area (Å²) >= 11 is 6.23. The molecule has 1 aliphatic heterocycles. The largest absolute Gasteiger partial charge is 0.349 e. The molecule has 0 radical (unpaired) electrons. The van der Waals surface area contributed by atoms with Gasteiger partial charge in [-0.25, -0.2) is 8.42 Å². The molecular weight excluding hydrogens is 462 g/mol. The van der Waals surface area contributed by atoms with Gasteiger partial charge in [-0.2, -0.15) is 4.31 Å². The molecule has 176 valence electrons. The standard InChI is InChI=1S/C24H28ClN3O4S/c25-22-16-19(9-12-21(22)24(30)27-18-7-8-18)26-23(29)13-6-17-4-10-20(11-5-17)33(31,32)28-14-2-1-3-15-28/h4-5,9-12,16,18H,1-3,6-8,13-15H2,(H,26,29)(H,27,30). The average molecular weight is 490 g/mol. The number of anilines is 1. The van der Waals surface area contributed by atoms with Gasteiger partial charge < -0.3 is 10.6 Å². The van der Waals surface area contributed by atoms with Crippen LogP contribution in [0.4, 0.5) is 5.69 Å². The maximum absolute atomic E-state index is 12.7. The van der Waals surface area contributed by atoms with E-state index < -0.39 is 10.0 Å². The minimum Gasteiger partial charge on any atom is -0.349 e. The van der Waals surface area contributed by atoms with E-state index in [-0.39, 0.29) is 34.2 Å². The lowest BCUT2D eigenvalue weighted by Gasteiger charge is -2.25. The first kappa shape index (κ1) is 23.7. The first-order valence-corrected chi connectivity index (χ1v) is 13.1. The number of amides is 2. The molecule has 2 amide bonds. The van der Waals surface area contributed by atoms with Crippen LogP contribution in [0.25, 0.3) is 0 Å². The summed E-state index contributed by atoms with van der Waals surface area (Å²) in [6, 6.07) is 11.8. The highest BCUT2D eigenvalue weighted by atomic mass is 35.5. The monoisotopic (exact) mass is 489 g/mol. The number of aryl methyl sites for hydroxylation is 1. The Morgan fingerprint density at radius 3 is 2.33 bits per heavy atom. The van der Waals surface area contributed by atoms with Gasteiger partial charge in [-0.15, -0.1) is 0 Å². The van der Waals surface area contributed by atoms with Crippen molar-refractivity contribution in [3.8, 4) is 0 Å². The lowest BCUT2D eigenvalue weighted by molar-refractivity contribution is -0.116. The molecule has 2 N–H and O–H groups in total. The van der Waals surface area contributed by atoms with E-state index in [1.807, 2.05) is 0 Å². The zero-order valence-corrected chi connectivity index (χ0v) is 19.9. The molecule has 2 fully saturated rings. The van der Waals surface area contributed by atoms with Crippen molar-refractivity contribution in [2.75, 3.05) is 18.4 Å². The van der Waals surface area contributed by atoms with Gasteiger partial charge in [0.1, 0.15) is 0 Å². The summed E-state index contributed by atoms with van der Waals surface area (Å²) in [6.45, 7) is 1.14. The predicted octanol–water partition coefficient (Wildman–Crippen LogP) is 3.98. The van der Waals surface area contributed by atoms with Crippen LogP contribution in [-0.4, -0.2) is 43.7 Å². The number of hydrogen-bond donors (Lipinski definition) is 2. The topological polar surface area (TPSA) is 95.6 Å². The van der Waals surface area contributed by atoms with E-state index in [1.54, 1.807) is 46.8 Å². The highest BCUT2D eigenvalue weighted by Crippen LogP contribution is 2.25. The maximum atomic E-state index is 12.7. The maximum Gasteiger partial charge on any atom is 0.253 e. The van der Waals surface area contributed by atoms with Crippen molar-refractivity contribution in [3.05, 3.63) is 58.6 Å². The molecule has 2 aliphatic rings. The van der Waals surface area contributed by atoms with Crippen molar-refractivity contribution in [1.82, 2.24) is 9.62 Å². The SMILES string of the molecule is O=C(CCc1ccc(S(=O)(=O)N2CCCCC2)cc1)Nc1ccc(C(=O)NC2CC2)c(Cl)c1. The highest BCUT2D eigenvalue weighted by Gasteiger charge is 2.26. The van der Waals surface area contributed by atoms with Crippen molar-refractivity contribution in [1.29, 1.82) is 0 Å². The minimum absolute atomic E-state index is 0.189. The van der Waals surface area contributed by atoms with Crippen LogP contribution in [0.5, 0.6) is 0 Å². The van der Waals surface area contributed by atoms with Gasteiger partial charge in [-0.3, -0.25) is 9.59 Å². The van der Waals surface area contributed by atoms with Gasteiger partial charge >= 0.3 is 0 Å². The molecule has 7 nitrogen and oxygen atoms in total. The molecule has 0 bridgehead atoms. The Bertz CT molecular complexity index is 1120. The molecule has 2 aromatic carbocycles. The van der Waals surface area contributed by atoms with Crippen LogP contribution in [0.1, 0.15) is 54.4 Å². The van der Waals surface area contributed by atoms with Gasteiger partial charge in [0.05, 0.1) is 15.5 Å². The highest BCUT2D eigenvalue weighted by molar-refractivity contribution is 7.89. The van der Waals surface area contributed by atoms with Crippen molar-refractivity contribution in [3.63, 3.8) is 0 Å². The number of carbonyl (C=O) groups excluding carboxylic acids is 2. The van der Waals surface area contributed by atoms with Gasteiger partial charge in [0.25, 0.3) is 5.91 Å². The minimum atomic E-state index is -3.45. The molecule has 33 heavy (non-hydrogen) atoms. The summed E-state index contributed by atoms with van der Waals surface area (Å²) < 4.78 is 27.0. The number of piperidine rings is 1. The smallest absolute Gasteiger partial charge is 0.253 e. The van der Waals surface area contributed by atoms with Gasteiger partial charge in [0.15, 0.2) is 0 Å². The van der Waals surface area contributed by atoms with Crippen molar-refractivity contribution >= 4 is 39.1 Å². The van der Waals surface area contributed by atoms with E-state index in [1.165, 1.54) is 0 Å². The third-order valence-electron chi connectivity index (χ3n) is 5.93. The number of sulfonamides is 1. The first-order valence-electron chi connectivity index (χ1n) is 11.3. The number of hydrogen-bond acceptors (Lipinski definition) is 4. The third kappa shape index (κ3) is 6.13. The average Bonchev–Trinajstić information content (AvgIpc) is 3.62. The summed E-state index contributed by atoms with van der Waals surface area (Å²) in [5, 5.41) is 5.97. The molecular formula is C24H28ClN3O4S. The predicted molar refractivity (Wildman–Crippen MR) is 128 cm³/mol. The second-order valence-corrected chi connectivity index (χ2v) is 10.9. The molecule has 4 rings (SSSR count). The fraction of sp³-hybridized carbons (Fsp3) is 0.417. The number of rotatable bonds is 8. The number of benzene rings is 2.